The zero-order valence-corrected chi connectivity index (χ0v) is 21.0. The summed E-state index contributed by atoms with van der Waals surface area (Å²) in [5.41, 5.74) is 0.270. The van der Waals surface area contributed by atoms with Crippen LogP contribution >= 0.6 is 11.6 Å². The minimum Gasteiger partial charge on any atom is -0.472 e. The van der Waals surface area contributed by atoms with Gasteiger partial charge in [-0.3, -0.25) is 13.8 Å². The summed E-state index contributed by atoms with van der Waals surface area (Å²) in [4.78, 5) is 34.4. The van der Waals surface area contributed by atoms with Crippen LogP contribution in [0, 0.1) is 0 Å². The number of benzene rings is 1. The summed E-state index contributed by atoms with van der Waals surface area (Å²) in [7, 11) is 0. The Morgan fingerprint density at radius 2 is 1.79 bits per heavy atom. The molecule has 1 amide bonds. The molecule has 1 N–H and O–H groups in total. The van der Waals surface area contributed by atoms with Crippen molar-refractivity contribution in [2.24, 2.45) is 0 Å². The summed E-state index contributed by atoms with van der Waals surface area (Å²) in [6.45, 7) is 0.580. The Morgan fingerprint density at radius 1 is 1.05 bits per heavy atom. The number of aromatic nitrogens is 4. The molecule has 4 aromatic heterocycles. The number of rotatable bonds is 4. The lowest BCUT2D eigenvalue weighted by atomic mass is 10.0. The lowest BCUT2D eigenvalue weighted by Gasteiger charge is -2.31. The van der Waals surface area contributed by atoms with E-state index in [-0.39, 0.29) is 28.1 Å². The molecule has 0 atom stereocenters. The molecule has 1 fully saturated rings. The normalized spacial score (nSPS) is 14.8. The fraction of sp³-hybridized carbons (Fsp3) is 0.222. The quantitative estimate of drug-likeness (QED) is 0.299. The summed E-state index contributed by atoms with van der Waals surface area (Å²) in [6, 6.07) is 11.8. The van der Waals surface area contributed by atoms with Crippen LogP contribution < -0.4 is 5.69 Å². The molecule has 0 saturated carbocycles. The molecule has 0 aliphatic carbocycles. The molecule has 1 aliphatic rings. The van der Waals surface area contributed by atoms with E-state index in [1.807, 2.05) is 30.3 Å². The van der Waals surface area contributed by atoms with E-state index in [1.165, 1.54) is 29.7 Å². The molecule has 39 heavy (non-hydrogen) atoms. The van der Waals surface area contributed by atoms with E-state index in [4.69, 9.17) is 16.0 Å². The van der Waals surface area contributed by atoms with Gasteiger partial charge in [0.1, 0.15) is 5.15 Å². The molecule has 1 saturated heterocycles. The van der Waals surface area contributed by atoms with Gasteiger partial charge < -0.3 is 14.3 Å². The fourth-order valence-electron chi connectivity index (χ4n) is 4.99. The van der Waals surface area contributed by atoms with E-state index >= 15 is 0 Å². The number of piperidine rings is 1. The lowest BCUT2D eigenvalue weighted by Crippen LogP contribution is -2.40. The summed E-state index contributed by atoms with van der Waals surface area (Å²) < 4.78 is 49.5. The number of alkyl halides is 3. The number of hydrogen-bond acceptors (Lipinski definition) is 4. The fourth-order valence-corrected chi connectivity index (χ4v) is 5.24. The number of pyridine rings is 1. The Morgan fingerprint density at radius 3 is 2.46 bits per heavy atom. The second kappa shape index (κ2) is 9.49. The maximum Gasteiger partial charge on any atom is 0.420 e. The van der Waals surface area contributed by atoms with Crippen molar-refractivity contribution in [3.8, 4) is 22.4 Å². The monoisotopic (exact) mass is 555 g/mol. The number of aromatic amines is 1. The van der Waals surface area contributed by atoms with Gasteiger partial charge >= 0.3 is 11.9 Å². The molecule has 1 aromatic carbocycles. The van der Waals surface area contributed by atoms with E-state index in [0.29, 0.717) is 37.2 Å². The number of carbonyl (C=O) groups is 1. The van der Waals surface area contributed by atoms with Gasteiger partial charge in [0.25, 0.3) is 5.91 Å². The predicted octanol–water partition coefficient (Wildman–Crippen LogP) is 5.90. The van der Waals surface area contributed by atoms with Crippen molar-refractivity contribution in [2.45, 2.75) is 25.1 Å². The van der Waals surface area contributed by atoms with Gasteiger partial charge in [-0.15, -0.1) is 0 Å². The van der Waals surface area contributed by atoms with Crippen molar-refractivity contribution < 1.29 is 22.4 Å². The summed E-state index contributed by atoms with van der Waals surface area (Å²) >= 11 is 6.45. The highest BCUT2D eigenvalue weighted by atomic mass is 35.5. The number of amides is 1. The van der Waals surface area contributed by atoms with Crippen molar-refractivity contribution in [2.75, 3.05) is 13.1 Å². The van der Waals surface area contributed by atoms with Gasteiger partial charge in [-0.2, -0.15) is 13.2 Å². The maximum atomic E-state index is 13.9. The molecule has 8 nitrogen and oxygen atoms in total. The average molecular weight is 556 g/mol. The van der Waals surface area contributed by atoms with E-state index in [1.54, 1.807) is 10.8 Å². The van der Waals surface area contributed by atoms with Crippen LogP contribution in [0.5, 0.6) is 0 Å². The minimum atomic E-state index is -4.73. The van der Waals surface area contributed by atoms with E-state index in [2.05, 4.69) is 9.97 Å². The maximum absolute atomic E-state index is 13.9. The molecule has 0 spiro atoms. The second-order valence-corrected chi connectivity index (χ2v) is 9.72. The molecular formula is C27H21ClF3N5O3. The Labute approximate surface area is 224 Å². The number of furan rings is 1. The second-order valence-electron chi connectivity index (χ2n) is 9.37. The minimum absolute atomic E-state index is 0.138. The molecule has 6 rings (SSSR count). The molecule has 5 aromatic rings. The summed E-state index contributed by atoms with van der Waals surface area (Å²) in [5.74, 6) is -0.563. The van der Waals surface area contributed by atoms with E-state index in [0.717, 1.165) is 16.0 Å². The lowest BCUT2D eigenvalue weighted by molar-refractivity contribution is -0.136. The van der Waals surface area contributed by atoms with Crippen molar-refractivity contribution in [3.05, 3.63) is 94.3 Å². The van der Waals surface area contributed by atoms with Gasteiger partial charge in [-0.1, -0.05) is 41.9 Å². The number of imidazole rings is 2. The van der Waals surface area contributed by atoms with Crippen LogP contribution in [-0.4, -0.2) is 42.8 Å². The summed E-state index contributed by atoms with van der Waals surface area (Å²) in [6.07, 6.45) is 2.09. The zero-order valence-electron chi connectivity index (χ0n) is 20.3. The van der Waals surface area contributed by atoms with Gasteiger partial charge in [0.05, 0.1) is 23.8 Å². The van der Waals surface area contributed by atoms with Crippen LogP contribution in [0.1, 0.15) is 34.9 Å². The van der Waals surface area contributed by atoms with Gasteiger partial charge in [0.2, 0.25) is 0 Å². The van der Waals surface area contributed by atoms with Crippen LogP contribution in [0.15, 0.2) is 76.6 Å². The molecule has 0 radical (unpaired) electrons. The number of halogens is 4. The number of nitrogens with one attached hydrogen (secondary N) is 1. The Balaban J connectivity index is 1.26. The number of carbonyl (C=O) groups excluding carboxylic acids is 1. The number of hydrogen-bond donors (Lipinski definition) is 1. The van der Waals surface area contributed by atoms with Crippen molar-refractivity contribution in [1.29, 1.82) is 0 Å². The Hall–Kier alpha value is -4.25. The smallest absolute Gasteiger partial charge is 0.420 e. The van der Waals surface area contributed by atoms with Crippen LogP contribution in [0.3, 0.4) is 0 Å². The molecule has 1 aliphatic heterocycles. The van der Waals surface area contributed by atoms with Crippen molar-refractivity contribution in [3.63, 3.8) is 0 Å². The van der Waals surface area contributed by atoms with Crippen LogP contribution in [0.4, 0.5) is 13.2 Å². The number of likely N-dealkylation sites (tertiary alicyclic amines) is 1. The number of nitrogens with zero attached hydrogens (tertiary/aromatic N) is 4. The molecule has 200 valence electrons. The highest BCUT2D eigenvalue weighted by molar-refractivity contribution is 6.33. The van der Waals surface area contributed by atoms with E-state index in [9.17, 15) is 22.8 Å². The van der Waals surface area contributed by atoms with Gasteiger partial charge in [0.15, 0.2) is 11.3 Å². The highest BCUT2D eigenvalue weighted by Gasteiger charge is 2.37. The average Bonchev–Trinajstić information content (AvgIpc) is 3.68. The molecule has 5 heterocycles. The van der Waals surface area contributed by atoms with E-state index < -0.39 is 23.3 Å². The first kappa shape index (κ1) is 25.1. The van der Waals surface area contributed by atoms with Gasteiger partial charge in [-0.25, -0.2) is 9.78 Å². The molecule has 0 unspecified atom stereocenters. The topological polar surface area (TPSA) is 88.5 Å². The largest absolute Gasteiger partial charge is 0.472 e. The molecule has 0 bridgehead atoms. The number of fused-ring (bicyclic) bond motifs is 1. The van der Waals surface area contributed by atoms with Crippen LogP contribution in [0.25, 0.3) is 28.0 Å². The summed E-state index contributed by atoms with van der Waals surface area (Å²) in [5, 5.41) is -0.206. The Kier molecular flexibility index (Phi) is 6.10. The third-order valence-corrected chi connectivity index (χ3v) is 7.36. The SMILES string of the molecule is O=C(c1nc2c(C(F)(F)F)cc(-c3ccoc3)cn2c1Cl)N1CCC(n2cc(-c3ccccc3)[nH]c2=O)CC1. The highest BCUT2D eigenvalue weighted by Crippen LogP contribution is 2.37. The van der Waals surface area contributed by atoms with Crippen LogP contribution in [0.2, 0.25) is 5.15 Å². The van der Waals surface area contributed by atoms with Gasteiger partial charge in [-0.05, 0) is 30.5 Å². The number of H-pyrrole nitrogens is 1. The third-order valence-electron chi connectivity index (χ3n) is 7.00. The zero-order chi connectivity index (χ0) is 27.3. The predicted molar refractivity (Wildman–Crippen MR) is 138 cm³/mol. The molecule has 12 heteroatoms. The Bertz CT molecular complexity index is 1710. The van der Waals surface area contributed by atoms with Crippen molar-refractivity contribution in [1.82, 2.24) is 23.8 Å². The van der Waals surface area contributed by atoms with Gasteiger partial charge in [0, 0.05) is 42.7 Å². The first-order chi connectivity index (χ1) is 18.7. The first-order valence-electron chi connectivity index (χ1n) is 12.2. The first-order valence-corrected chi connectivity index (χ1v) is 12.6. The third kappa shape index (κ3) is 4.52. The van der Waals surface area contributed by atoms with Crippen molar-refractivity contribution >= 4 is 23.2 Å². The van der Waals surface area contributed by atoms with Crippen LogP contribution in [-0.2, 0) is 6.18 Å². The standard InChI is InChI=1S/C27H21ClF3N5O3/c28-23-22(33-24-20(27(29,30)31)12-18(13-36(23)24)17-8-11-39-15-17)25(37)34-9-6-19(7-10-34)35-14-21(32-26(35)38)16-4-2-1-3-5-16/h1-5,8,11-15,19H,6-7,9-10H2,(H,32,38). The molecular weight excluding hydrogens is 535 g/mol.